The van der Waals surface area contributed by atoms with Crippen LogP contribution in [0.2, 0.25) is 0 Å². The van der Waals surface area contributed by atoms with Gasteiger partial charge < -0.3 is 14.6 Å². The van der Waals surface area contributed by atoms with Crippen LogP contribution in [0.3, 0.4) is 0 Å². The fourth-order valence-corrected chi connectivity index (χ4v) is 3.40. The summed E-state index contributed by atoms with van der Waals surface area (Å²) in [4.78, 5) is 29.2. The zero-order valence-corrected chi connectivity index (χ0v) is 17.2. The number of nitrogens with one attached hydrogen (secondary N) is 1. The molecule has 29 heavy (non-hydrogen) atoms. The van der Waals surface area contributed by atoms with Crippen molar-refractivity contribution >= 4 is 29.3 Å². The Hall–Kier alpha value is -3.13. The summed E-state index contributed by atoms with van der Waals surface area (Å²) in [5.41, 5.74) is 2.72. The van der Waals surface area contributed by atoms with E-state index in [2.05, 4.69) is 15.5 Å². The van der Waals surface area contributed by atoms with Crippen LogP contribution >= 0.6 is 11.8 Å². The number of hydrogen-bond acceptors (Lipinski definition) is 7. The van der Waals surface area contributed by atoms with Crippen molar-refractivity contribution in [2.45, 2.75) is 37.7 Å². The van der Waals surface area contributed by atoms with Crippen LogP contribution in [0.1, 0.15) is 34.3 Å². The average molecular weight is 411 g/mol. The Labute approximate surface area is 172 Å². The molecule has 1 aromatic carbocycles. The highest BCUT2D eigenvalue weighted by Crippen LogP contribution is 2.25. The molecule has 0 aliphatic heterocycles. The van der Waals surface area contributed by atoms with Gasteiger partial charge >= 0.3 is 5.97 Å². The van der Waals surface area contributed by atoms with Crippen LogP contribution in [0.15, 0.2) is 58.2 Å². The first-order valence-corrected chi connectivity index (χ1v) is 9.99. The summed E-state index contributed by atoms with van der Waals surface area (Å²) in [6.07, 6.45) is 0.639. The zero-order valence-electron chi connectivity index (χ0n) is 16.3. The van der Waals surface area contributed by atoms with Gasteiger partial charge in [-0.15, -0.1) is 0 Å². The number of benzene rings is 1. The summed E-state index contributed by atoms with van der Waals surface area (Å²) in [6.45, 7) is 5.28. The van der Waals surface area contributed by atoms with Gasteiger partial charge in [0, 0.05) is 23.7 Å². The number of carbonyl (C=O) groups excluding carboxylic acids is 2. The molecule has 0 saturated carbocycles. The van der Waals surface area contributed by atoms with E-state index in [-0.39, 0.29) is 0 Å². The highest BCUT2D eigenvalue weighted by atomic mass is 32.2. The van der Waals surface area contributed by atoms with Crippen molar-refractivity contribution in [3.05, 3.63) is 71.2 Å². The van der Waals surface area contributed by atoms with E-state index in [4.69, 9.17) is 9.26 Å². The Balaban J connectivity index is 1.63. The van der Waals surface area contributed by atoms with E-state index >= 15 is 0 Å². The lowest BCUT2D eigenvalue weighted by atomic mass is 10.2. The first-order chi connectivity index (χ1) is 13.9. The van der Waals surface area contributed by atoms with Gasteiger partial charge in [-0.1, -0.05) is 29.1 Å². The lowest BCUT2D eigenvalue weighted by molar-refractivity contribution is -0.123. The maximum atomic E-state index is 12.6. The molecule has 1 amide bonds. The fourth-order valence-electron chi connectivity index (χ4n) is 2.53. The Morgan fingerprint density at radius 1 is 1.21 bits per heavy atom. The van der Waals surface area contributed by atoms with E-state index in [0.717, 1.165) is 17.0 Å². The fraction of sp³-hybridized carbons (Fsp3) is 0.238. The number of ether oxygens (including phenoxy) is 1. The number of esters is 1. The number of pyridine rings is 1. The monoisotopic (exact) mass is 411 g/mol. The van der Waals surface area contributed by atoms with Crippen LogP contribution in [0.5, 0.6) is 0 Å². The average Bonchev–Trinajstić information content (AvgIpc) is 3.11. The van der Waals surface area contributed by atoms with Crippen molar-refractivity contribution in [3.63, 3.8) is 0 Å². The summed E-state index contributed by atoms with van der Waals surface area (Å²) < 4.78 is 10.4. The minimum absolute atomic E-state index is 0.299. The summed E-state index contributed by atoms with van der Waals surface area (Å²) in [5.74, 6) is 0.205. The van der Waals surface area contributed by atoms with Crippen LogP contribution in [0, 0.1) is 13.8 Å². The summed E-state index contributed by atoms with van der Waals surface area (Å²) in [7, 11) is 0. The molecule has 0 unspecified atom stereocenters. The van der Waals surface area contributed by atoms with Crippen LogP contribution in [0.25, 0.3) is 0 Å². The molecule has 3 aromatic rings. The van der Waals surface area contributed by atoms with Crippen molar-refractivity contribution in [2.24, 2.45) is 0 Å². The molecule has 0 saturated heterocycles. The molecule has 2 heterocycles. The maximum absolute atomic E-state index is 12.6. The van der Waals surface area contributed by atoms with Crippen LogP contribution in [-0.4, -0.2) is 28.1 Å². The predicted molar refractivity (Wildman–Crippen MR) is 110 cm³/mol. The van der Waals surface area contributed by atoms with Gasteiger partial charge in [0.05, 0.1) is 11.3 Å². The van der Waals surface area contributed by atoms with Gasteiger partial charge in [0.1, 0.15) is 10.8 Å². The van der Waals surface area contributed by atoms with Crippen molar-refractivity contribution in [1.29, 1.82) is 0 Å². The summed E-state index contributed by atoms with van der Waals surface area (Å²) in [6, 6.07) is 12.5. The van der Waals surface area contributed by atoms with Gasteiger partial charge in [-0.25, -0.2) is 9.78 Å². The van der Waals surface area contributed by atoms with E-state index in [9.17, 15) is 9.59 Å². The van der Waals surface area contributed by atoms with Gasteiger partial charge in [-0.3, -0.25) is 4.79 Å². The van der Waals surface area contributed by atoms with Crippen molar-refractivity contribution < 1.29 is 18.8 Å². The molecule has 0 fully saturated rings. The van der Waals surface area contributed by atoms with Gasteiger partial charge in [0.25, 0.3) is 5.91 Å². The lowest BCUT2D eigenvalue weighted by Gasteiger charge is -2.14. The normalized spacial score (nSPS) is 11.7. The molecule has 3 rings (SSSR count). The SMILES string of the molecule is Cc1cccc(NC(=O)[C@@H](C)OC(=O)c2cccnc2SCc2cc(C)on2)c1. The molecule has 150 valence electrons. The standard InChI is InChI=1S/C21H21N3O4S/c1-13-6-4-7-16(10-13)23-19(25)15(3)27-21(26)18-8-5-9-22-20(18)29-12-17-11-14(2)28-24-17/h4-11,15H,12H2,1-3H3,(H,23,25)/t15-/m1/s1. The molecule has 0 bridgehead atoms. The molecule has 7 nitrogen and oxygen atoms in total. The quantitative estimate of drug-likeness (QED) is 0.461. The van der Waals surface area contributed by atoms with Crippen LogP contribution in [-0.2, 0) is 15.3 Å². The van der Waals surface area contributed by atoms with Gasteiger partial charge in [-0.05, 0) is 50.6 Å². The molecule has 0 spiro atoms. The smallest absolute Gasteiger partial charge is 0.341 e. The van der Waals surface area contributed by atoms with E-state index in [1.165, 1.54) is 18.7 Å². The molecular formula is C21H21N3O4S. The van der Waals surface area contributed by atoms with Gasteiger partial charge in [0.15, 0.2) is 6.10 Å². The highest BCUT2D eigenvalue weighted by molar-refractivity contribution is 7.98. The van der Waals surface area contributed by atoms with Crippen molar-refractivity contribution in [1.82, 2.24) is 10.1 Å². The number of amides is 1. The minimum atomic E-state index is -0.959. The number of carbonyl (C=O) groups is 2. The molecule has 2 aromatic heterocycles. The predicted octanol–water partition coefficient (Wildman–Crippen LogP) is 4.16. The Morgan fingerprint density at radius 3 is 2.76 bits per heavy atom. The number of aromatic nitrogens is 2. The molecular weight excluding hydrogens is 390 g/mol. The first-order valence-electron chi connectivity index (χ1n) is 9.01. The largest absolute Gasteiger partial charge is 0.449 e. The third kappa shape index (κ3) is 5.68. The molecule has 1 N–H and O–H groups in total. The topological polar surface area (TPSA) is 94.3 Å². The number of anilines is 1. The first kappa shape index (κ1) is 20.6. The Morgan fingerprint density at radius 2 is 2.03 bits per heavy atom. The van der Waals surface area contributed by atoms with E-state index in [1.54, 1.807) is 24.4 Å². The molecule has 0 radical (unpaired) electrons. The number of rotatable bonds is 7. The highest BCUT2D eigenvalue weighted by Gasteiger charge is 2.22. The number of thioether (sulfide) groups is 1. The maximum Gasteiger partial charge on any atom is 0.341 e. The van der Waals surface area contributed by atoms with Crippen LogP contribution in [0.4, 0.5) is 5.69 Å². The van der Waals surface area contributed by atoms with E-state index in [0.29, 0.717) is 22.0 Å². The lowest BCUT2D eigenvalue weighted by Crippen LogP contribution is -2.30. The second kappa shape index (κ2) is 9.38. The zero-order chi connectivity index (χ0) is 20.8. The third-order valence-corrected chi connectivity index (χ3v) is 5.00. The van der Waals surface area contributed by atoms with E-state index < -0.39 is 18.0 Å². The van der Waals surface area contributed by atoms with Gasteiger partial charge in [0.2, 0.25) is 0 Å². The molecule has 0 aliphatic rings. The summed E-state index contributed by atoms with van der Waals surface area (Å²) in [5, 5.41) is 7.18. The second-order valence-electron chi connectivity index (χ2n) is 6.48. The minimum Gasteiger partial charge on any atom is -0.449 e. The van der Waals surface area contributed by atoms with Crippen LogP contribution < -0.4 is 5.32 Å². The number of hydrogen-bond donors (Lipinski definition) is 1. The number of aryl methyl sites for hydroxylation is 2. The third-order valence-electron chi connectivity index (χ3n) is 3.96. The Kier molecular flexibility index (Phi) is 6.66. The molecule has 8 heteroatoms. The summed E-state index contributed by atoms with van der Waals surface area (Å²) >= 11 is 1.35. The van der Waals surface area contributed by atoms with Crippen molar-refractivity contribution in [3.8, 4) is 0 Å². The van der Waals surface area contributed by atoms with E-state index in [1.807, 2.05) is 38.1 Å². The van der Waals surface area contributed by atoms with Crippen molar-refractivity contribution in [2.75, 3.05) is 5.32 Å². The molecule has 0 aliphatic carbocycles. The Bertz CT molecular complexity index is 1020. The molecule has 1 atom stereocenters. The second-order valence-corrected chi connectivity index (χ2v) is 7.44. The number of nitrogens with zero attached hydrogens (tertiary/aromatic N) is 2. The van der Waals surface area contributed by atoms with Gasteiger partial charge in [-0.2, -0.15) is 0 Å².